The lowest BCUT2D eigenvalue weighted by atomic mass is 10.1. The molecule has 0 saturated carbocycles. The van der Waals surface area contributed by atoms with Crippen LogP contribution in [0.1, 0.15) is 0 Å². The van der Waals surface area contributed by atoms with Gasteiger partial charge in [0.25, 0.3) is 0 Å². The van der Waals surface area contributed by atoms with E-state index in [0.29, 0.717) is 10.8 Å². The summed E-state index contributed by atoms with van der Waals surface area (Å²) < 4.78 is 0. The van der Waals surface area contributed by atoms with Crippen LogP contribution in [0, 0.1) is 0 Å². The van der Waals surface area contributed by atoms with E-state index in [4.69, 9.17) is 11.6 Å². The summed E-state index contributed by atoms with van der Waals surface area (Å²) in [6, 6.07) is 17.4. The molecule has 3 heterocycles. The standard InChI is InChI=1S/C26H22ClN5OS/c1-32(23-8-11-28-21-15-18(27)6-7-19(21)23)12-13-34-16-24(33)31-22-14-17-4-2-9-29-25(17)26-20(22)5-3-10-30-26/h2-11,14-15H,12-13,16H2,1H3,(H,31,33). The molecule has 0 saturated heterocycles. The van der Waals surface area contributed by atoms with Crippen LogP contribution in [-0.4, -0.2) is 46.0 Å². The van der Waals surface area contributed by atoms with Gasteiger partial charge in [-0.05, 0) is 48.5 Å². The highest BCUT2D eigenvalue weighted by Crippen LogP contribution is 2.30. The van der Waals surface area contributed by atoms with Gasteiger partial charge < -0.3 is 10.2 Å². The van der Waals surface area contributed by atoms with Crippen molar-refractivity contribution in [3.8, 4) is 0 Å². The number of aromatic nitrogens is 3. The maximum Gasteiger partial charge on any atom is 0.234 e. The van der Waals surface area contributed by atoms with Crippen LogP contribution in [0.4, 0.5) is 11.4 Å². The first-order valence-corrected chi connectivity index (χ1v) is 12.4. The van der Waals surface area contributed by atoms with Crippen LogP contribution >= 0.6 is 23.4 Å². The first-order valence-electron chi connectivity index (χ1n) is 10.9. The molecule has 0 atom stereocenters. The number of fused-ring (bicyclic) bond motifs is 4. The third-order valence-corrected chi connectivity index (χ3v) is 6.80. The van der Waals surface area contributed by atoms with Gasteiger partial charge in [-0.2, -0.15) is 11.8 Å². The summed E-state index contributed by atoms with van der Waals surface area (Å²) >= 11 is 7.70. The number of benzene rings is 2. The number of hydrogen-bond acceptors (Lipinski definition) is 6. The number of hydrogen-bond donors (Lipinski definition) is 1. The van der Waals surface area contributed by atoms with E-state index in [1.807, 2.05) is 61.6 Å². The summed E-state index contributed by atoms with van der Waals surface area (Å²) in [5.41, 5.74) is 4.34. The van der Waals surface area contributed by atoms with Crippen molar-refractivity contribution in [1.29, 1.82) is 0 Å². The molecular formula is C26H22ClN5OS. The lowest BCUT2D eigenvalue weighted by molar-refractivity contribution is -0.113. The largest absolute Gasteiger partial charge is 0.373 e. The molecule has 170 valence electrons. The molecule has 0 radical (unpaired) electrons. The second kappa shape index (κ2) is 9.83. The fourth-order valence-corrected chi connectivity index (χ4v) is 4.96. The van der Waals surface area contributed by atoms with Gasteiger partial charge in [-0.25, -0.2) is 0 Å². The number of pyridine rings is 3. The summed E-state index contributed by atoms with van der Waals surface area (Å²) in [5, 5.41) is 6.63. The molecule has 5 rings (SSSR count). The summed E-state index contributed by atoms with van der Waals surface area (Å²) in [4.78, 5) is 28.2. The Bertz CT molecular complexity index is 1510. The first kappa shape index (κ1) is 22.4. The molecule has 0 aliphatic rings. The highest BCUT2D eigenvalue weighted by Gasteiger charge is 2.12. The Morgan fingerprint density at radius 1 is 0.971 bits per heavy atom. The number of nitrogens with one attached hydrogen (secondary N) is 1. The summed E-state index contributed by atoms with van der Waals surface area (Å²) in [5.74, 6) is 1.14. The molecular weight excluding hydrogens is 466 g/mol. The third kappa shape index (κ3) is 4.62. The van der Waals surface area contributed by atoms with Crippen LogP contribution in [0.15, 0.2) is 73.2 Å². The average Bonchev–Trinajstić information content (AvgIpc) is 2.86. The monoisotopic (exact) mass is 487 g/mol. The molecule has 0 fully saturated rings. The molecule has 0 bridgehead atoms. The molecule has 1 N–H and O–H groups in total. The second-order valence-corrected chi connectivity index (χ2v) is 9.45. The Morgan fingerprint density at radius 3 is 2.68 bits per heavy atom. The van der Waals surface area contributed by atoms with Gasteiger partial charge in [0.05, 0.1) is 28.0 Å². The smallest absolute Gasteiger partial charge is 0.234 e. The van der Waals surface area contributed by atoms with Crippen LogP contribution in [-0.2, 0) is 4.79 Å². The Hall–Kier alpha value is -3.42. The van der Waals surface area contributed by atoms with Crippen LogP contribution < -0.4 is 10.2 Å². The van der Waals surface area contributed by atoms with Crippen molar-refractivity contribution in [3.05, 3.63) is 78.2 Å². The van der Waals surface area contributed by atoms with Gasteiger partial charge in [-0.15, -0.1) is 0 Å². The number of carbonyl (C=O) groups excluding carboxylic acids is 1. The highest BCUT2D eigenvalue weighted by atomic mass is 35.5. The van der Waals surface area contributed by atoms with Crippen molar-refractivity contribution in [2.45, 2.75) is 0 Å². The predicted octanol–water partition coefficient (Wildman–Crippen LogP) is 5.79. The lowest BCUT2D eigenvalue weighted by Gasteiger charge is -2.20. The topological polar surface area (TPSA) is 71.0 Å². The van der Waals surface area contributed by atoms with Gasteiger partial charge in [-0.1, -0.05) is 17.7 Å². The normalized spacial score (nSPS) is 11.2. The number of carbonyl (C=O) groups is 1. The van der Waals surface area contributed by atoms with Crippen LogP contribution in [0.5, 0.6) is 0 Å². The van der Waals surface area contributed by atoms with E-state index in [1.54, 1.807) is 30.4 Å². The minimum atomic E-state index is -0.0370. The number of thioether (sulfide) groups is 1. The van der Waals surface area contributed by atoms with Crippen molar-refractivity contribution < 1.29 is 4.79 Å². The molecule has 0 aliphatic heterocycles. The molecule has 34 heavy (non-hydrogen) atoms. The van der Waals surface area contributed by atoms with Crippen molar-refractivity contribution in [3.63, 3.8) is 0 Å². The molecule has 0 aliphatic carbocycles. The van der Waals surface area contributed by atoms with E-state index in [2.05, 4.69) is 25.2 Å². The molecule has 8 heteroatoms. The van der Waals surface area contributed by atoms with Gasteiger partial charge in [0.1, 0.15) is 0 Å². The van der Waals surface area contributed by atoms with E-state index < -0.39 is 0 Å². The Morgan fingerprint density at radius 2 is 1.79 bits per heavy atom. The molecule has 1 amide bonds. The number of nitrogens with zero attached hydrogens (tertiary/aromatic N) is 4. The van der Waals surface area contributed by atoms with E-state index in [-0.39, 0.29) is 5.91 Å². The van der Waals surface area contributed by atoms with Crippen LogP contribution in [0.25, 0.3) is 32.7 Å². The predicted molar refractivity (Wildman–Crippen MR) is 143 cm³/mol. The Balaban J connectivity index is 1.22. The van der Waals surface area contributed by atoms with Crippen molar-refractivity contribution in [1.82, 2.24) is 15.0 Å². The summed E-state index contributed by atoms with van der Waals surface area (Å²) in [6.45, 7) is 0.800. The van der Waals surface area contributed by atoms with Gasteiger partial charge in [0.2, 0.25) is 5.91 Å². The number of amides is 1. The van der Waals surface area contributed by atoms with Gasteiger partial charge >= 0.3 is 0 Å². The van der Waals surface area contributed by atoms with E-state index >= 15 is 0 Å². The van der Waals surface area contributed by atoms with Gasteiger partial charge in [-0.3, -0.25) is 19.7 Å². The quantitative estimate of drug-likeness (QED) is 0.231. The molecule has 2 aromatic carbocycles. The Kier molecular flexibility index (Phi) is 6.47. The molecule has 5 aromatic rings. The Labute approximate surface area is 206 Å². The maximum atomic E-state index is 12.7. The zero-order valence-corrected chi connectivity index (χ0v) is 20.1. The maximum absolute atomic E-state index is 12.7. The van der Waals surface area contributed by atoms with Crippen molar-refractivity contribution >= 4 is 73.4 Å². The van der Waals surface area contributed by atoms with Gasteiger partial charge in [0.15, 0.2) is 0 Å². The summed E-state index contributed by atoms with van der Waals surface area (Å²) in [6.07, 6.45) is 5.30. The lowest BCUT2D eigenvalue weighted by Crippen LogP contribution is -2.22. The minimum Gasteiger partial charge on any atom is -0.373 e. The van der Waals surface area contributed by atoms with E-state index in [9.17, 15) is 4.79 Å². The molecule has 6 nitrogen and oxygen atoms in total. The van der Waals surface area contributed by atoms with Gasteiger partial charge in [0, 0.05) is 64.8 Å². The number of halogens is 1. The van der Waals surface area contributed by atoms with Crippen LogP contribution in [0.2, 0.25) is 5.02 Å². The SMILES string of the molecule is CN(CCSCC(=O)Nc1cc2cccnc2c2ncccc12)c1ccnc2cc(Cl)ccc12. The fraction of sp³-hybridized carbons (Fsp3) is 0.154. The summed E-state index contributed by atoms with van der Waals surface area (Å²) in [7, 11) is 2.05. The molecule has 0 unspecified atom stereocenters. The highest BCUT2D eigenvalue weighted by molar-refractivity contribution is 8.00. The zero-order valence-electron chi connectivity index (χ0n) is 18.5. The van der Waals surface area contributed by atoms with E-state index in [1.165, 1.54) is 0 Å². The number of rotatable bonds is 7. The molecule has 3 aromatic heterocycles. The first-order chi connectivity index (χ1) is 16.6. The third-order valence-electron chi connectivity index (χ3n) is 5.63. The zero-order chi connectivity index (χ0) is 23.5. The second-order valence-electron chi connectivity index (χ2n) is 7.91. The average molecular weight is 488 g/mol. The minimum absolute atomic E-state index is 0.0370. The fourth-order valence-electron chi connectivity index (χ4n) is 3.99. The van der Waals surface area contributed by atoms with E-state index in [0.717, 1.165) is 56.4 Å². The van der Waals surface area contributed by atoms with Crippen molar-refractivity contribution in [2.24, 2.45) is 0 Å². The molecule has 0 spiro atoms. The number of anilines is 2. The van der Waals surface area contributed by atoms with Crippen LogP contribution in [0.3, 0.4) is 0 Å². The van der Waals surface area contributed by atoms with Crippen molar-refractivity contribution in [2.75, 3.05) is 35.3 Å².